The lowest BCUT2D eigenvalue weighted by atomic mass is 10.1. The lowest BCUT2D eigenvalue weighted by Crippen LogP contribution is -2.46. The molecule has 7 nitrogen and oxygen atoms in total. The van der Waals surface area contributed by atoms with Crippen LogP contribution >= 0.6 is 0 Å². The first-order valence-electron chi connectivity index (χ1n) is 6.83. The summed E-state index contributed by atoms with van der Waals surface area (Å²) >= 11 is 0. The van der Waals surface area contributed by atoms with Crippen molar-refractivity contribution in [1.82, 2.24) is 5.32 Å². The van der Waals surface area contributed by atoms with E-state index in [9.17, 15) is 14.7 Å². The Morgan fingerprint density at radius 3 is 2.32 bits per heavy atom. The van der Waals surface area contributed by atoms with Crippen LogP contribution in [0.3, 0.4) is 0 Å². The highest BCUT2D eigenvalue weighted by Gasteiger charge is 2.23. The summed E-state index contributed by atoms with van der Waals surface area (Å²) in [7, 11) is 5.26. The molecular formula is C15H23N3O4. The highest BCUT2D eigenvalue weighted by atomic mass is 16.5. The molecule has 0 spiro atoms. The molecule has 0 bridgehead atoms. The molecule has 2 amide bonds. The number of hydrogen-bond donors (Lipinski definition) is 3. The van der Waals surface area contributed by atoms with E-state index in [1.807, 2.05) is 31.1 Å². The Hall–Kier alpha value is -2.12. The molecule has 3 N–H and O–H groups in total. The Morgan fingerprint density at radius 1 is 1.23 bits per heavy atom. The van der Waals surface area contributed by atoms with Crippen molar-refractivity contribution in [3.8, 4) is 0 Å². The molecule has 0 aromatic heterocycles. The van der Waals surface area contributed by atoms with Gasteiger partial charge in [-0.3, -0.25) is 9.59 Å². The maximum atomic E-state index is 11.8. The lowest BCUT2D eigenvalue weighted by Gasteiger charge is -2.22. The van der Waals surface area contributed by atoms with Gasteiger partial charge in [-0.1, -0.05) is 0 Å². The molecular weight excluding hydrogens is 286 g/mol. The summed E-state index contributed by atoms with van der Waals surface area (Å²) in [5.74, 6) is -1.60. The normalized spacial score (nSPS) is 13.1. The van der Waals surface area contributed by atoms with Gasteiger partial charge in [0, 0.05) is 39.1 Å². The van der Waals surface area contributed by atoms with Crippen molar-refractivity contribution in [2.24, 2.45) is 0 Å². The zero-order chi connectivity index (χ0) is 16.8. The molecule has 0 aliphatic heterocycles. The van der Waals surface area contributed by atoms with Crippen molar-refractivity contribution in [2.75, 3.05) is 44.6 Å². The summed E-state index contributed by atoms with van der Waals surface area (Å²) in [6, 6.07) is 7.08. The molecule has 0 saturated heterocycles. The summed E-state index contributed by atoms with van der Waals surface area (Å²) in [5.41, 5.74) is 0.283. The average Bonchev–Trinajstić information content (AvgIpc) is 2.45. The summed E-state index contributed by atoms with van der Waals surface area (Å²) in [4.78, 5) is 25.4. The largest absolute Gasteiger partial charge is 0.386 e. The Bertz CT molecular complexity index is 512. The quantitative estimate of drug-likeness (QED) is 0.653. The van der Waals surface area contributed by atoms with Crippen LogP contribution in [0, 0.1) is 0 Å². The Labute approximate surface area is 130 Å². The molecule has 7 heteroatoms. The average molecular weight is 309 g/mol. The second-order valence-corrected chi connectivity index (χ2v) is 5.51. The van der Waals surface area contributed by atoms with Gasteiger partial charge in [-0.25, -0.2) is 0 Å². The molecule has 0 saturated carbocycles. The maximum Gasteiger partial charge on any atom is 0.313 e. The lowest BCUT2D eigenvalue weighted by molar-refractivity contribution is -0.137. The number of aliphatic hydroxyl groups is 1. The Morgan fingerprint density at radius 2 is 1.82 bits per heavy atom. The molecule has 0 fully saturated rings. The third-order valence-electron chi connectivity index (χ3n) is 2.93. The molecule has 1 rings (SSSR count). The van der Waals surface area contributed by atoms with Crippen molar-refractivity contribution in [3.05, 3.63) is 24.3 Å². The van der Waals surface area contributed by atoms with Crippen molar-refractivity contribution in [3.63, 3.8) is 0 Å². The predicted molar refractivity (Wildman–Crippen MR) is 84.9 cm³/mol. The smallest absolute Gasteiger partial charge is 0.313 e. The molecule has 1 aromatic rings. The number of nitrogens with zero attached hydrogens (tertiary/aromatic N) is 1. The van der Waals surface area contributed by atoms with E-state index in [0.717, 1.165) is 5.69 Å². The molecule has 22 heavy (non-hydrogen) atoms. The highest BCUT2D eigenvalue weighted by molar-refractivity contribution is 6.39. The summed E-state index contributed by atoms with van der Waals surface area (Å²) < 4.78 is 4.82. The minimum absolute atomic E-state index is 0.0564. The summed E-state index contributed by atoms with van der Waals surface area (Å²) in [6.45, 7) is 1.49. The van der Waals surface area contributed by atoms with Crippen molar-refractivity contribution < 1.29 is 19.4 Å². The topological polar surface area (TPSA) is 90.9 Å². The molecule has 0 aliphatic carbocycles. The van der Waals surface area contributed by atoms with Gasteiger partial charge in [0.1, 0.15) is 5.60 Å². The van der Waals surface area contributed by atoms with Crippen LogP contribution in [0.1, 0.15) is 6.92 Å². The number of benzene rings is 1. The molecule has 1 unspecified atom stereocenters. The maximum absolute atomic E-state index is 11.8. The third kappa shape index (κ3) is 5.71. The van der Waals surface area contributed by atoms with E-state index >= 15 is 0 Å². The van der Waals surface area contributed by atoms with E-state index in [1.54, 1.807) is 12.1 Å². The van der Waals surface area contributed by atoms with Crippen LogP contribution in [-0.4, -0.2) is 56.9 Å². The first-order valence-corrected chi connectivity index (χ1v) is 6.83. The van der Waals surface area contributed by atoms with Gasteiger partial charge in [-0.05, 0) is 31.2 Å². The van der Waals surface area contributed by atoms with Gasteiger partial charge in [-0.15, -0.1) is 0 Å². The van der Waals surface area contributed by atoms with Crippen LogP contribution < -0.4 is 15.5 Å². The minimum Gasteiger partial charge on any atom is -0.386 e. The number of anilines is 2. The summed E-state index contributed by atoms with van der Waals surface area (Å²) in [6.07, 6.45) is 0. The zero-order valence-corrected chi connectivity index (χ0v) is 13.3. The monoisotopic (exact) mass is 309 g/mol. The van der Waals surface area contributed by atoms with Crippen molar-refractivity contribution in [2.45, 2.75) is 12.5 Å². The van der Waals surface area contributed by atoms with Crippen LogP contribution in [0.15, 0.2) is 24.3 Å². The fourth-order valence-electron chi connectivity index (χ4n) is 1.74. The van der Waals surface area contributed by atoms with Crippen LogP contribution in [0.5, 0.6) is 0 Å². The van der Waals surface area contributed by atoms with Gasteiger partial charge in [-0.2, -0.15) is 0 Å². The first-order chi connectivity index (χ1) is 10.2. The molecule has 0 heterocycles. The van der Waals surface area contributed by atoms with Crippen LogP contribution in [0.4, 0.5) is 11.4 Å². The standard InChI is InChI=1S/C15H23N3O4/c1-15(21,10-22-4)9-16-13(19)14(20)17-11-5-7-12(8-6-11)18(2)3/h5-8,21H,9-10H2,1-4H3,(H,16,19)(H,17,20). The number of amides is 2. The number of nitrogens with one attached hydrogen (secondary N) is 2. The number of rotatable bonds is 6. The third-order valence-corrected chi connectivity index (χ3v) is 2.93. The second-order valence-electron chi connectivity index (χ2n) is 5.51. The van der Waals surface area contributed by atoms with Crippen molar-refractivity contribution >= 4 is 23.2 Å². The van der Waals surface area contributed by atoms with E-state index in [0.29, 0.717) is 5.69 Å². The number of ether oxygens (including phenoxy) is 1. The van der Waals surface area contributed by atoms with Crippen LogP contribution in [0.25, 0.3) is 0 Å². The van der Waals surface area contributed by atoms with Gasteiger partial charge in [0.2, 0.25) is 0 Å². The Kier molecular flexibility index (Phi) is 6.33. The molecule has 122 valence electrons. The first kappa shape index (κ1) is 17.9. The zero-order valence-electron chi connectivity index (χ0n) is 13.3. The van der Waals surface area contributed by atoms with Gasteiger partial charge in [0.05, 0.1) is 6.61 Å². The fourth-order valence-corrected chi connectivity index (χ4v) is 1.74. The van der Waals surface area contributed by atoms with E-state index in [1.165, 1.54) is 14.0 Å². The minimum atomic E-state index is -1.22. The van der Waals surface area contributed by atoms with E-state index in [4.69, 9.17) is 4.74 Å². The van der Waals surface area contributed by atoms with Crippen LogP contribution in [0.2, 0.25) is 0 Å². The number of hydrogen-bond acceptors (Lipinski definition) is 5. The van der Waals surface area contributed by atoms with Gasteiger partial charge in [0.25, 0.3) is 0 Å². The van der Waals surface area contributed by atoms with E-state index in [-0.39, 0.29) is 13.2 Å². The Balaban J connectivity index is 2.52. The predicted octanol–water partition coefficient (Wildman–Crippen LogP) is 0.205. The number of carbonyl (C=O) groups is 2. The van der Waals surface area contributed by atoms with Gasteiger partial charge < -0.3 is 25.4 Å². The molecule has 1 atom stereocenters. The van der Waals surface area contributed by atoms with E-state index in [2.05, 4.69) is 10.6 Å². The molecule has 0 radical (unpaired) electrons. The van der Waals surface area contributed by atoms with Gasteiger partial charge in [0.15, 0.2) is 0 Å². The number of methoxy groups -OCH3 is 1. The van der Waals surface area contributed by atoms with E-state index < -0.39 is 17.4 Å². The highest BCUT2D eigenvalue weighted by Crippen LogP contribution is 2.15. The number of carbonyl (C=O) groups excluding carboxylic acids is 2. The fraction of sp³-hybridized carbons (Fsp3) is 0.467. The SMILES string of the molecule is COCC(C)(O)CNC(=O)C(=O)Nc1ccc(N(C)C)cc1. The second kappa shape index (κ2) is 7.77. The van der Waals surface area contributed by atoms with Crippen LogP contribution in [-0.2, 0) is 14.3 Å². The molecule has 0 aliphatic rings. The van der Waals surface area contributed by atoms with Gasteiger partial charge >= 0.3 is 11.8 Å². The van der Waals surface area contributed by atoms with Crippen molar-refractivity contribution in [1.29, 1.82) is 0 Å². The summed E-state index contributed by atoms with van der Waals surface area (Å²) in [5, 5.41) is 14.7. The molecule has 1 aromatic carbocycles.